The molecule has 4 nitrogen and oxygen atoms in total. The molecular formula is C17H36N2O2. The van der Waals surface area contributed by atoms with E-state index in [1.807, 2.05) is 7.05 Å². The zero-order valence-corrected chi connectivity index (χ0v) is 15.2. The number of ether oxygens (including phenoxy) is 1. The molecule has 1 N–H and O–H groups in total. The largest absolute Gasteiger partial charge is 0.375 e. The quantitative estimate of drug-likeness (QED) is 0.638. The van der Waals surface area contributed by atoms with Crippen LogP contribution in [0.3, 0.4) is 0 Å². The van der Waals surface area contributed by atoms with E-state index in [9.17, 15) is 4.79 Å². The average molecular weight is 300 g/mol. The SMILES string of the molecule is CC(C)CCOC(C)(C)CCNC(=O)CN(C)CC(C)C. The summed E-state index contributed by atoms with van der Waals surface area (Å²) in [5, 5.41) is 2.98. The van der Waals surface area contributed by atoms with E-state index >= 15 is 0 Å². The number of hydrogen-bond donors (Lipinski definition) is 1. The van der Waals surface area contributed by atoms with Gasteiger partial charge in [0.1, 0.15) is 0 Å². The number of carbonyl (C=O) groups excluding carboxylic acids is 1. The maximum Gasteiger partial charge on any atom is 0.234 e. The zero-order valence-electron chi connectivity index (χ0n) is 15.2. The molecule has 0 unspecified atom stereocenters. The summed E-state index contributed by atoms with van der Waals surface area (Å²) < 4.78 is 5.89. The maximum absolute atomic E-state index is 11.8. The van der Waals surface area contributed by atoms with Crippen LogP contribution in [-0.4, -0.2) is 49.7 Å². The summed E-state index contributed by atoms with van der Waals surface area (Å²) in [7, 11) is 1.98. The highest BCUT2D eigenvalue weighted by molar-refractivity contribution is 5.77. The number of likely N-dealkylation sites (N-methyl/N-ethyl adjacent to an activating group) is 1. The highest BCUT2D eigenvalue weighted by atomic mass is 16.5. The van der Waals surface area contributed by atoms with Gasteiger partial charge in [-0.2, -0.15) is 0 Å². The fraction of sp³-hybridized carbons (Fsp3) is 0.941. The molecule has 0 spiro atoms. The molecule has 0 aromatic heterocycles. The Balaban J connectivity index is 3.82. The number of nitrogens with one attached hydrogen (secondary N) is 1. The van der Waals surface area contributed by atoms with E-state index in [4.69, 9.17) is 4.74 Å². The van der Waals surface area contributed by atoms with Crippen LogP contribution in [0.2, 0.25) is 0 Å². The number of amides is 1. The minimum Gasteiger partial charge on any atom is -0.375 e. The van der Waals surface area contributed by atoms with Crippen molar-refractivity contribution in [3.63, 3.8) is 0 Å². The summed E-state index contributed by atoms with van der Waals surface area (Å²) in [6.07, 6.45) is 1.92. The summed E-state index contributed by atoms with van der Waals surface area (Å²) in [4.78, 5) is 13.9. The van der Waals surface area contributed by atoms with Crippen LogP contribution in [0.1, 0.15) is 54.4 Å². The molecule has 4 heteroatoms. The van der Waals surface area contributed by atoms with Gasteiger partial charge in [-0.1, -0.05) is 27.7 Å². The van der Waals surface area contributed by atoms with Crippen LogP contribution in [0.15, 0.2) is 0 Å². The van der Waals surface area contributed by atoms with Gasteiger partial charge in [-0.25, -0.2) is 0 Å². The van der Waals surface area contributed by atoms with Crippen molar-refractivity contribution in [1.29, 1.82) is 0 Å². The van der Waals surface area contributed by atoms with Crippen LogP contribution in [0.4, 0.5) is 0 Å². The molecule has 0 aromatic rings. The Bertz CT molecular complexity index is 289. The van der Waals surface area contributed by atoms with Gasteiger partial charge in [-0.3, -0.25) is 9.69 Å². The molecule has 0 bridgehead atoms. The summed E-state index contributed by atoms with van der Waals surface area (Å²) in [6, 6.07) is 0. The van der Waals surface area contributed by atoms with E-state index in [1.165, 1.54) is 0 Å². The lowest BCUT2D eigenvalue weighted by Crippen LogP contribution is -2.39. The molecule has 0 saturated heterocycles. The first-order valence-electron chi connectivity index (χ1n) is 8.21. The number of rotatable bonds is 11. The Morgan fingerprint density at radius 1 is 1.19 bits per heavy atom. The number of nitrogens with zero attached hydrogens (tertiary/aromatic N) is 1. The second-order valence-corrected chi connectivity index (χ2v) is 7.48. The van der Waals surface area contributed by atoms with Crippen LogP contribution in [0.25, 0.3) is 0 Å². The first-order chi connectivity index (χ1) is 9.62. The third kappa shape index (κ3) is 12.8. The standard InChI is InChI=1S/C17H36N2O2/c1-14(2)8-11-21-17(5,6)9-10-18-16(20)13-19(7)12-15(3)4/h14-15H,8-13H2,1-7H3,(H,18,20). The number of carbonyl (C=O) groups is 1. The Kier molecular flexibility index (Phi) is 9.88. The highest BCUT2D eigenvalue weighted by Crippen LogP contribution is 2.15. The van der Waals surface area contributed by atoms with Gasteiger partial charge in [0.15, 0.2) is 0 Å². The lowest BCUT2D eigenvalue weighted by Gasteiger charge is -2.26. The fourth-order valence-corrected chi connectivity index (χ4v) is 2.13. The molecule has 0 radical (unpaired) electrons. The molecule has 0 aliphatic rings. The molecular weight excluding hydrogens is 264 g/mol. The van der Waals surface area contributed by atoms with E-state index in [-0.39, 0.29) is 11.5 Å². The molecule has 0 aromatic carbocycles. The maximum atomic E-state index is 11.8. The van der Waals surface area contributed by atoms with E-state index in [0.717, 1.165) is 26.0 Å². The van der Waals surface area contributed by atoms with Crippen LogP contribution < -0.4 is 5.32 Å². The van der Waals surface area contributed by atoms with Crippen LogP contribution >= 0.6 is 0 Å². The monoisotopic (exact) mass is 300 g/mol. The van der Waals surface area contributed by atoms with E-state index in [2.05, 4.69) is 51.8 Å². The topological polar surface area (TPSA) is 41.6 Å². The van der Waals surface area contributed by atoms with Crippen molar-refractivity contribution in [1.82, 2.24) is 10.2 Å². The molecule has 0 atom stereocenters. The normalized spacial score (nSPS) is 12.5. The Labute approximate surface area is 131 Å². The number of hydrogen-bond acceptors (Lipinski definition) is 3. The predicted molar refractivity (Wildman–Crippen MR) is 89.4 cm³/mol. The molecule has 0 fully saturated rings. The Morgan fingerprint density at radius 3 is 2.33 bits per heavy atom. The van der Waals surface area contributed by atoms with Gasteiger partial charge in [-0.15, -0.1) is 0 Å². The van der Waals surface area contributed by atoms with Crippen molar-refractivity contribution in [2.75, 3.05) is 33.3 Å². The minimum absolute atomic E-state index is 0.0936. The van der Waals surface area contributed by atoms with Crippen molar-refractivity contribution in [2.24, 2.45) is 11.8 Å². The lowest BCUT2D eigenvalue weighted by molar-refractivity contribution is -0.122. The van der Waals surface area contributed by atoms with Gasteiger partial charge < -0.3 is 10.1 Å². The molecule has 126 valence electrons. The van der Waals surface area contributed by atoms with Crippen LogP contribution in [0, 0.1) is 11.8 Å². The third-order valence-electron chi connectivity index (χ3n) is 3.33. The minimum atomic E-state index is -0.175. The average Bonchev–Trinajstić information content (AvgIpc) is 2.25. The van der Waals surface area contributed by atoms with E-state index < -0.39 is 0 Å². The molecule has 21 heavy (non-hydrogen) atoms. The summed E-state index contributed by atoms with van der Waals surface area (Å²) in [5.74, 6) is 1.34. The molecule has 0 heterocycles. The molecule has 0 rings (SSSR count). The van der Waals surface area contributed by atoms with Gasteiger partial charge in [0.2, 0.25) is 5.91 Å². The summed E-state index contributed by atoms with van der Waals surface area (Å²) in [5.41, 5.74) is -0.175. The molecule has 0 saturated carbocycles. The first-order valence-corrected chi connectivity index (χ1v) is 8.21. The zero-order chi connectivity index (χ0) is 16.5. The second-order valence-electron chi connectivity index (χ2n) is 7.48. The van der Waals surface area contributed by atoms with Gasteiger partial charge in [0.05, 0.1) is 12.1 Å². The highest BCUT2D eigenvalue weighted by Gasteiger charge is 2.18. The first kappa shape index (κ1) is 20.4. The predicted octanol–water partition coefficient (Wildman–Crippen LogP) is 2.92. The van der Waals surface area contributed by atoms with Gasteiger partial charge in [0.25, 0.3) is 0 Å². The Morgan fingerprint density at radius 2 is 1.81 bits per heavy atom. The van der Waals surface area contributed by atoms with Crippen molar-refractivity contribution < 1.29 is 9.53 Å². The van der Waals surface area contributed by atoms with Crippen LogP contribution in [0.5, 0.6) is 0 Å². The molecule has 0 aliphatic heterocycles. The smallest absolute Gasteiger partial charge is 0.234 e. The Hall–Kier alpha value is -0.610. The van der Waals surface area contributed by atoms with Crippen molar-refractivity contribution in [2.45, 2.75) is 60.0 Å². The third-order valence-corrected chi connectivity index (χ3v) is 3.33. The van der Waals surface area contributed by atoms with Gasteiger partial charge in [-0.05, 0) is 45.6 Å². The molecule has 1 amide bonds. The summed E-state index contributed by atoms with van der Waals surface area (Å²) in [6.45, 7) is 15.8. The fourth-order valence-electron chi connectivity index (χ4n) is 2.13. The van der Waals surface area contributed by atoms with E-state index in [0.29, 0.717) is 24.9 Å². The molecule has 0 aliphatic carbocycles. The van der Waals surface area contributed by atoms with Crippen molar-refractivity contribution >= 4 is 5.91 Å². The van der Waals surface area contributed by atoms with E-state index in [1.54, 1.807) is 0 Å². The van der Waals surface area contributed by atoms with Gasteiger partial charge >= 0.3 is 0 Å². The lowest BCUT2D eigenvalue weighted by atomic mass is 10.0. The van der Waals surface area contributed by atoms with Crippen LogP contribution in [-0.2, 0) is 9.53 Å². The summed E-state index contributed by atoms with van der Waals surface area (Å²) >= 11 is 0. The van der Waals surface area contributed by atoms with Crippen molar-refractivity contribution in [3.05, 3.63) is 0 Å². The van der Waals surface area contributed by atoms with Gasteiger partial charge in [0, 0.05) is 19.7 Å². The van der Waals surface area contributed by atoms with Crippen molar-refractivity contribution in [3.8, 4) is 0 Å². The second kappa shape index (κ2) is 10.2.